The smallest absolute Gasteiger partial charge is 0.272 e. The van der Waals surface area contributed by atoms with E-state index in [9.17, 15) is 14.4 Å². The number of imide groups is 1. The largest absolute Gasteiger partial charge is 0.273 e. The molecule has 1 saturated carbocycles. The second-order valence-corrected chi connectivity index (χ2v) is 9.36. The second-order valence-electron chi connectivity index (χ2n) is 8.11. The number of benzene rings is 2. The van der Waals surface area contributed by atoms with E-state index in [1.165, 1.54) is 5.01 Å². The molecule has 5 nitrogen and oxygen atoms in total. The minimum Gasteiger partial charge on any atom is -0.272 e. The molecule has 0 radical (unpaired) electrons. The fourth-order valence-electron chi connectivity index (χ4n) is 4.91. The maximum Gasteiger partial charge on any atom is 0.273 e. The highest BCUT2D eigenvalue weighted by Crippen LogP contribution is 2.53. The van der Waals surface area contributed by atoms with Gasteiger partial charge in [0.2, 0.25) is 0 Å². The summed E-state index contributed by atoms with van der Waals surface area (Å²) in [6.45, 7) is -0.00195. The molecule has 0 unspecified atom stereocenters. The molecule has 1 heterocycles. The number of allylic oxidation sites excluding steroid dienone is 2. The van der Waals surface area contributed by atoms with Crippen LogP contribution in [0.4, 0.5) is 0 Å². The molecule has 3 aliphatic rings. The minimum atomic E-state index is -0.468. The SMILES string of the molecule is O=C(c1ccc(Cl)cc1)N(Cc1ccc(Cl)c(Cl)c1)N1C(=O)[C@@H]2[C@@H](C1=O)[C@H]1C=C[C@H]2C1. The highest BCUT2D eigenvalue weighted by atomic mass is 35.5. The first-order valence-electron chi connectivity index (χ1n) is 9.92. The van der Waals surface area contributed by atoms with E-state index in [-0.39, 0.29) is 30.2 Å². The van der Waals surface area contributed by atoms with Crippen molar-refractivity contribution in [3.05, 3.63) is 80.8 Å². The van der Waals surface area contributed by atoms with Crippen LogP contribution in [-0.2, 0) is 16.1 Å². The van der Waals surface area contributed by atoms with Crippen molar-refractivity contribution >= 4 is 52.5 Å². The van der Waals surface area contributed by atoms with Gasteiger partial charge in [-0.25, -0.2) is 5.01 Å². The van der Waals surface area contributed by atoms with Crippen LogP contribution in [0.25, 0.3) is 0 Å². The third kappa shape index (κ3) is 3.36. The number of fused-ring (bicyclic) bond motifs is 5. The molecule has 4 atom stereocenters. The molecule has 0 N–H and O–H groups in total. The summed E-state index contributed by atoms with van der Waals surface area (Å²) in [6, 6.07) is 11.3. The number of hydrogen-bond donors (Lipinski definition) is 0. The van der Waals surface area contributed by atoms with Crippen LogP contribution in [0, 0.1) is 23.7 Å². The van der Waals surface area contributed by atoms with Gasteiger partial charge in [0, 0.05) is 10.6 Å². The molecule has 2 aromatic carbocycles. The van der Waals surface area contributed by atoms with E-state index in [1.54, 1.807) is 42.5 Å². The molecular weight excluding hydrogens is 459 g/mol. The lowest BCUT2D eigenvalue weighted by molar-refractivity contribution is -0.156. The average Bonchev–Trinajstić information content (AvgIpc) is 3.43. The maximum atomic E-state index is 13.5. The highest BCUT2D eigenvalue weighted by molar-refractivity contribution is 6.42. The predicted octanol–water partition coefficient (Wildman–Crippen LogP) is 5.01. The van der Waals surface area contributed by atoms with Crippen molar-refractivity contribution in [2.75, 3.05) is 0 Å². The molecular formula is C23H17Cl3N2O3. The predicted molar refractivity (Wildman–Crippen MR) is 117 cm³/mol. The Morgan fingerprint density at radius 3 is 2.10 bits per heavy atom. The van der Waals surface area contributed by atoms with Crippen LogP contribution in [0.15, 0.2) is 54.6 Å². The van der Waals surface area contributed by atoms with Crippen molar-refractivity contribution in [2.24, 2.45) is 23.7 Å². The Labute approximate surface area is 194 Å². The van der Waals surface area contributed by atoms with Crippen LogP contribution >= 0.6 is 34.8 Å². The lowest BCUT2D eigenvalue weighted by Crippen LogP contribution is -2.50. The van der Waals surface area contributed by atoms with E-state index in [0.717, 1.165) is 11.4 Å². The lowest BCUT2D eigenvalue weighted by Gasteiger charge is -2.31. The third-order valence-corrected chi connectivity index (χ3v) is 7.32. The molecule has 0 aromatic heterocycles. The second kappa shape index (κ2) is 7.66. The Morgan fingerprint density at radius 2 is 1.52 bits per heavy atom. The summed E-state index contributed by atoms with van der Waals surface area (Å²) in [5, 5.41) is 3.45. The number of nitrogens with zero attached hydrogens (tertiary/aromatic N) is 2. The normalized spacial score (nSPS) is 26.0. The summed E-state index contributed by atoms with van der Waals surface area (Å²) >= 11 is 18.1. The lowest BCUT2D eigenvalue weighted by atomic mass is 9.85. The van der Waals surface area contributed by atoms with Crippen molar-refractivity contribution in [3.8, 4) is 0 Å². The van der Waals surface area contributed by atoms with Gasteiger partial charge in [0.05, 0.1) is 28.4 Å². The Balaban J connectivity index is 1.53. The van der Waals surface area contributed by atoms with Gasteiger partial charge in [-0.15, -0.1) is 0 Å². The first-order chi connectivity index (χ1) is 14.8. The molecule has 2 fully saturated rings. The summed E-state index contributed by atoms with van der Waals surface area (Å²) in [7, 11) is 0. The van der Waals surface area contributed by atoms with Gasteiger partial charge in [0.15, 0.2) is 0 Å². The maximum absolute atomic E-state index is 13.5. The van der Waals surface area contributed by atoms with Gasteiger partial charge in [-0.05, 0) is 60.2 Å². The molecule has 31 heavy (non-hydrogen) atoms. The van der Waals surface area contributed by atoms with Gasteiger partial charge in [-0.1, -0.05) is 53.0 Å². The molecule has 0 spiro atoms. The van der Waals surface area contributed by atoms with E-state index in [2.05, 4.69) is 0 Å². The Bertz CT molecular complexity index is 1100. The van der Waals surface area contributed by atoms with Gasteiger partial charge in [-0.2, -0.15) is 5.01 Å². The van der Waals surface area contributed by atoms with Gasteiger partial charge in [-0.3, -0.25) is 14.4 Å². The van der Waals surface area contributed by atoms with Crippen LogP contribution in [-0.4, -0.2) is 27.7 Å². The van der Waals surface area contributed by atoms with Crippen LogP contribution in [0.2, 0.25) is 15.1 Å². The highest BCUT2D eigenvalue weighted by Gasteiger charge is 2.61. The summed E-state index contributed by atoms with van der Waals surface area (Å²) in [4.78, 5) is 40.1. The number of carbonyl (C=O) groups is 3. The zero-order chi connectivity index (χ0) is 21.9. The third-order valence-electron chi connectivity index (χ3n) is 6.33. The monoisotopic (exact) mass is 474 g/mol. The molecule has 2 bridgehead atoms. The van der Waals surface area contributed by atoms with Crippen molar-refractivity contribution in [1.29, 1.82) is 0 Å². The number of rotatable bonds is 4. The van der Waals surface area contributed by atoms with E-state index < -0.39 is 17.7 Å². The van der Waals surface area contributed by atoms with Crippen molar-refractivity contribution in [2.45, 2.75) is 13.0 Å². The van der Waals surface area contributed by atoms with Crippen LogP contribution in [0.1, 0.15) is 22.3 Å². The number of amides is 3. The summed E-state index contributed by atoms with van der Waals surface area (Å²) in [5.41, 5.74) is 0.971. The molecule has 1 saturated heterocycles. The Kier molecular flexibility index (Phi) is 5.08. The first-order valence-corrected chi connectivity index (χ1v) is 11.1. The van der Waals surface area contributed by atoms with E-state index in [4.69, 9.17) is 34.8 Å². The van der Waals surface area contributed by atoms with Gasteiger partial charge >= 0.3 is 0 Å². The summed E-state index contributed by atoms with van der Waals surface area (Å²) in [6.07, 6.45) is 4.86. The van der Waals surface area contributed by atoms with Gasteiger partial charge < -0.3 is 0 Å². The minimum absolute atomic E-state index is 0.00195. The van der Waals surface area contributed by atoms with E-state index in [0.29, 0.717) is 26.2 Å². The quantitative estimate of drug-likeness (QED) is 0.461. The summed E-state index contributed by atoms with van der Waals surface area (Å²) < 4.78 is 0. The van der Waals surface area contributed by atoms with Crippen molar-refractivity contribution in [1.82, 2.24) is 10.0 Å². The van der Waals surface area contributed by atoms with Crippen LogP contribution in [0.3, 0.4) is 0 Å². The zero-order valence-electron chi connectivity index (χ0n) is 16.2. The van der Waals surface area contributed by atoms with Gasteiger partial charge in [0.1, 0.15) is 0 Å². The first kappa shape index (κ1) is 20.6. The molecule has 5 rings (SSSR count). The summed E-state index contributed by atoms with van der Waals surface area (Å²) in [5.74, 6) is -1.83. The average molecular weight is 476 g/mol. The van der Waals surface area contributed by atoms with Gasteiger partial charge in [0.25, 0.3) is 17.7 Å². The fraction of sp³-hybridized carbons (Fsp3) is 0.261. The fourth-order valence-corrected chi connectivity index (χ4v) is 5.36. The van der Waals surface area contributed by atoms with E-state index >= 15 is 0 Å². The molecule has 2 aliphatic carbocycles. The zero-order valence-corrected chi connectivity index (χ0v) is 18.4. The van der Waals surface area contributed by atoms with Crippen LogP contribution in [0.5, 0.6) is 0 Å². The van der Waals surface area contributed by atoms with Crippen LogP contribution < -0.4 is 0 Å². The molecule has 8 heteroatoms. The number of hydrogen-bond acceptors (Lipinski definition) is 3. The van der Waals surface area contributed by atoms with Crippen molar-refractivity contribution < 1.29 is 14.4 Å². The number of carbonyl (C=O) groups excluding carboxylic acids is 3. The van der Waals surface area contributed by atoms with E-state index in [1.807, 2.05) is 12.2 Å². The standard InChI is InChI=1S/C23H17Cl3N2O3/c24-16-6-4-13(5-7-16)21(29)27(11-12-1-8-17(25)18(26)9-12)28-22(30)19-14-2-3-15(10-14)20(19)23(28)31/h1-9,14-15,19-20H,10-11H2/t14-,15-,19-,20-/m0/s1. The Hall–Kier alpha value is -2.34. The molecule has 1 aliphatic heterocycles. The van der Waals surface area contributed by atoms with Crippen molar-refractivity contribution in [3.63, 3.8) is 0 Å². The number of hydrazine groups is 1. The Morgan fingerprint density at radius 1 is 0.903 bits per heavy atom. The topological polar surface area (TPSA) is 57.7 Å². The molecule has 158 valence electrons. The molecule has 3 amide bonds. The number of halogens is 3. The molecule has 2 aromatic rings.